The first kappa shape index (κ1) is 21.4. The van der Waals surface area contributed by atoms with Crippen LogP contribution in [0.25, 0.3) is 0 Å². The quantitative estimate of drug-likeness (QED) is 0.685. The molecule has 4 nitrogen and oxygen atoms in total. The van der Waals surface area contributed by atoms with E-state index in [4.69, 9.17) is 0 Å². The fourth-order valence-electron chi connectivity index (χ4n) is 3.98. The number of ketones is 2. The largest absolute Gasteiger partial charge is 0.385 e. The molecule has 0 aromatic heterocycles. The van der Waals surface area contributed by atoms with E-state index in [-0.39, 0.29) is 17.5 Å². The summed E-state index contributed by atoms with van der Waals surface area (Å²) in [6, 6.07) is 14.6. The molecule has 0 heterocycles. The Balaban J connectivity index is 1.63. The Labute approximate surface area is 172 Å². The lowest BCUT2D eigenvalue weighted by atomic mass is 9.82. The highest BCUT2D eigenvalue weighted by Gasteiger charge is 2.28. The summed E-state index contributed by atoms with van der Waals surface area (Å²) in [5.74, 6) is -0.401. The molecule has 0 amide bonds. The molecule has 0 aliphatic heterocycles. The minimum atomic E-state index is -1.38. The fourth-order valence-corrected chi connectivity index (χ4v) is 3.98. The molecule has 29 heavy (non-hydrogen) atoms. The Morgan fingerprint density at radius 1 is 0.897 bits per heavy atom. The monoisotopic (exact) mass is 394 g/mol. The normalized spacial score (nSPS) is 16.4. The van der Waals surface area contributed by atoms with Gasteiger partial charge in [-0.2, -0.15) is 0 Å². The molecule has 1 aliphatic carbocycles. The van der Waals surface area contributed by atoms with Crippen molar-refractivity contribution < 1.29 is 19.8 Å². The summed E-state index contributed by atoms with van der Waals surface area (Å²) in [5, 5.41) is 20.3. The van der Waals surface area contributed by atoms with E-state index in [1.807, 2.05) is 24.3 Å². The van der Waals surface area contributed by atoms with Crippen LogP contribution in [0.2, 0.25) is 0 Å². The molecule has 3 rings (SSSR count). The molecule has 0 spiro atoms. The molecule has 1 atom stereocenters. The van der Waals surface area contributed by atoms with Crippen LogP contribution in [0.15, 0.2) is 48.5 Å². The molecule has 0 saturated heterocycles. The van der Waals surface area contributed by atoms with Crippen LogP contribution in [0.1, 0.15) is 77.8 Å². The number of hydrogen-bond donors (Lipinski definition) is 2. The molecule has 0 radical (unpaired) electrons. The van der Waals surface area contributed by atoms with Gasteiger partial charge in [-0.1, -0.05) is 67.8 Å². The summed E-state index contributed by atoms with van der Waals surface area (Å²) in [5.41, 5.74) is 1.75. The van der Waals surface area contributed by atoms with Crippen molar-refractivity contribution >= 4 is 11.6 Å². The van der Waals surface area contributed by atoms with Gasteiger partial charge in [0.1, 0.15) is 11.7 Å². The van der Waals surface area contributed by atoms with E-state index >= 15 is 0 Å². The highest BCUT2D eigenvalue weighted by atomic mass is 16.3. The average Bonchev–Trinajstić information content (AvgIpc) is 2.73. The number of Topliss-reactive ketones (excluding diaryl/α,β-unsaturated/α-hetero) is 2. The van der Waals surface area contributed by atoms with Crippen molar-refractivity contribution in [3.63, 3.8) is 0 Å². The number of benzene rings is 2. The first-order valence-corrected chi connectivity index (χ1v) is 10.4. The van der Waals surface area contributed by atoms with Crippen LogP contribution in [-0.4, -0.2) is 33.5 Å². The number of carbonyl (C=O) groups excluding carboxylic acids is 2. The molecule has 4 heteroatoms. The molecular weight excluding hydrogens is 364 g/mol. The molecule has 154 valence electrons. The summed E-state index contributed by atoms with van der Waals surface area (Å²) >= 11 is 0. The minimum absolute atomic E-state index is 0.0843. The second kappa shape index (κ2) is 9.02. The van der Waals surface area contributed by atoms with E-state index in [0.29, 0.717) is 17.5 Å². The van der Waals surface area contributed by atoms with Gasteiger partial charge in [-0.15, -0.1) is 0 Å². The minimum Gasteiger partial charge on any atom is -0.385 e. The van der Waals surface area contributed by atoms with Gasteiger partial charge in [0, 0.05) is 11.1 Å². The Morgan fingerprint density at radius 2 is 1.38 bits per heavy atom. The number of aliphatic hydroxyl groups is 2. The maximum Gasteiger partial charge on any atom is 0.193 e. The fraction of sp³-hybridized carbons (Fsp3) is 0.440. The zero-order valence-electron chi connectivity index (χ0n) is 17.2. The van der Waals surface area contributed by atoms with Crippen molar-refractivity contribution in [2.75, 3.05) is 0 Å². The van der Waals surface area contributed by atoms with Crippen molar-refractivity contribution in [1.29, 1.82) is 0 Å². The summed E-state index contributed by atoms with van der Waals surface area (Å²) in [4.78, 5) is 24.7. The topological polar surface area (TPSA) is 74.6 Å². The maximum absolute atomic E-state index is 12.6. The number of carbonyl (C=O) groups is 2. The number of hydrogen-bond acceptors (Lipinski definition) is 4. The average molecular weight is 395 g/mol. The van der Waals surface area contributed by atoms with Crippen LogP contribution in [0.4, 0.5) is 0 Å². The smallest absolute Gasteiger partial charge is 0.193 e. The van der Waals surface area contributed by atoms with Crippen molar-refractivity contribution in [2.45, 2.75) is 64.1 Å². The summed E-state index contributed by atoms with van der Waals surface area (Å²) in [6.45, 7) is 2.97. The molecule has 1 unspecified atom stereocenters. The van der Waals surface area contributed by atoms with Crippen LogP contribution >= 0.6 is 0 Å². The van der Waals surface area contributed by atoms with Crippen LogP contribution < -0.4 is 0 Å². The highest BCUT2D eigenvalue weighted by Crippen LogP contribution is 2.28. The van der Waals surface area contributed by atoms with Gasteiger partial charge in [0.2, 0.25) is 0 Å². The Kier molecular flexibility index (Phi) is 6.66. The lowest BCUT2D eigenvalue weighted by Crippen LogP contribution is -2.31. The van der Waals surface area contributed by atoms with Gasteiger partial charge in [0.15, 0.2) is 11.6 Å². The van der Waals surface area contributed by atoms with Crippen LogP contribution in [0.5, 0.6) is 0 Å². The van der Waals surface area contributed by atoms with Gasteiger partial charge in [0.05, 0.1) is 0 Å². The van der Waals surface area contributed by atoms with Crippen molar-refractivity contribution in [2.24, 2.45) is 5.92 Å². The zero-order chi connectivity index (χ0) is 21.0. The lowest BCUT2D eigenvalue weighted by molar-refractivity contribution is 0.0488. The van der Waals surface area contributed by atoms with E-state index in [1.54, 1.807) is 24.3 Å². The van der Waals surface area contributed by atoms with Gasteiger partial charge < -0.3 is 10.2 Å². The predicted molar refractivity (Wildman–Crippen MR) is 113 cm³/mol. The second-order valence-corrected chi connectivity index (χ2v) is 8.67. The number of aliphatic hydroxyl groups excluding tert-OH is 1. The van der Waals surface area contributed by atoms with E-state index in [9.17, 15) is 19.8 Å². The SMILES string of the molecule is CC(C)(O)C(=O)c1ccc(Cc2ccc(C(=O)C(O)C3CCCCC3)cc2)cc1. The third-order valence-electron chi connectivity index (χ3n) is 5.78. The molecule has 2 N–H and O–H groups in total. The molecule has 1 saturated carbocycles. The molecule has 2 aromatic carbocycles. The van der Waals surface area contributed by atoms with E-state index < -0.39 is 11.7 Å². The highest BCUT2D eigenvalue weighted by molar-refractivity contribution is 6.01. The lowest BCUT2D eigenvalue weighted by Gasteiger charge is -2.25. The standard InChI is InChI=1S/C25H30O4/c1-25(2,29)24(28)21-14-10-18(11-15-21)16-17-8-12-20(13-9-17)23(27)22(26)19-6-4-3-5-7-19/h8-15,19,22,26,29H,3-7,16H2,1-2H3. The van der Waals surface area contributed by atoms with Crippen molar-refractivity contribution in [3.8, 4) is 0 Å². The summed E-state index contributed by atoms with van der Waals surface area (Å²) in [7, 11) is 0. The van der Waals surface area contributed by atoms with Gasteiger partial charge in [-0.3, -0.25) is 9.59 Å². The van der Waals surface area contributed by atoms with E-state index in [2.05, 4.69) is 0 Å². The third kappa shape index (κ3) is 5.40. The molecule has 1 fully saturated rings. The van der Waals surface area contributed by atoms with Crippen LogP contribution in [-0.2, 0) is 6.42 Å². The first-order valence-electron chi connectivity index (χ1n) is 10.4. The van der Waals surface area contributed by atoms with E-state index in [0.717, 1.165) is 36.8 Å². The number of rotatable bonds is 7. The maximum atomic E-state index is 12.6. The summed E-state index contributed by atoms with van der Waals surface area (Å²) < 4.78 is 0. The zero-order valence-corrected chi connectivity index (χ0v) is 17.2. The third-order valence-corrected chi connectivity index (χ3v) is 5.78. The molecular formula is C25H30O4. The van der Waals surface area contributed by atoms with Gasteiger partial charge in [-0.05, 0) is 50.2 Å². The van der Waals surface area contributed by atoms with Crippen LogP contribution in [0, 0.1) is 5.92 Å². The predicted octanol–water partition coefficient (Wildman–Crippen LogP) is 4.35. The van der Waals surface area contributed by atoms with Crippen LogP contribution in [0.3, 0.4) is 0 Å². The molecule has 2 aromatic rings. The second-order valence-electron chi connectivity index (χ2n) is 8.67. The van der Waals surface area contributed by atoms with Crippen molar-refractivity contribution in [3.05, 3.63) is 70.8 Å². The van der Waals surface area contributed by atoms with Gasteiger partial charge >= 0.3 is 0 Å². The Bertz CT molecular complexity index is 838. The Hall–Kier alpha value is -2.30. The Morgan fingerprint density at radius 3 is 1.86 bits per heavy atom. The first-order chi connectivity index (χ1) is 13.8. The van der Waals surface area contributed by atoms with Gasteiger partial charge in [0.25, 0.3) is 0 Å². The van der Waals surface area contributed by atoms with E-state index in [1.165, 1.54) is 20.3 Å². The summed E-state index contributed by atoms with van der Waals surface area (Å²) in [6.07, 6.45) is 5.01. The van der Waals surface area contributed by atoms with Gasteiger partial charge in [-0.25, -0.2) is 0 Å². The van der Waals surface area contributed by atoms with Crippen molar-refractivity contribution in [1.82, 2.24) is 0 Å². The molecule has 1 aliphatic rings. The molecule has 0 bridgehead atoms.